The van der Waals surface area contributed by atoms with E-state index >= 15 is 0 Å². The summed E-state index contributed by atoms with van der Waals surface area (Å²) in [7, 11) is 5.95. The van der Waals surface area contributed by atoms with Crippen LogP contribution in [-0.4, -0.2) is 91.4 Å². The van der Waals surface area contributed by atoms with Crippen LogP contribution in [0.5, 0.6) is 0 Å². The molecule has 46 heavy (non-hydrogen) atoms. The fraction of sp³-hybridized carbons (Fsp3) is 0.697. The Morgan fingerprint density at radius 2 is 1.24 bits per heavy atom. The van der Waals surface area contributed by atoms with Gasteiger partial charge in [-0.05, 0) is 94.1 Å². The smallest absolute Gasteiger partial charge is 0.329 e. The summed E-state index contributed by atoms with van der Waals surface area (Å²) in [5.74, 6) is -1.34. The average molecular weight is 651 g/mol. The number of nitrogens with zero attached hydrogens (tertiary/aromatic N) is 2. The molecular weight excluding hydrogens is 594 g/mol. The lowest BCUT2D eigenvalue weighted by Crippen LogP contribution is -2.53. The van der Waals surface area contributed by atoms with Crippen molar-refractivity contribution in [2.75, 3.05) is 27.7 Å². The molecule has 0 fully saturated rings. The van der Waals surface area contributed by atoms with Crippen LogP contribution in [0.4, 0.5) is 10.6 Å². The van der Waals surface area contributed by atoms with Gasteiger partial charge in [0.05, 0.1) is 26.7 Å². The fourth-order valence-corrected chi connectivity index (χ4v) is 3.95. The predicted octanol–water partition coefficient (Wildman–Crippen LogP) is 4.02. The lowest BCUT2D eigenvalue weighted by molar-refractivity contribution is -0.159. The highest BCUT2D eigenvalue weighted by Gasteiger charge is 2.31. The van der Waals surface area contributed by atoms with Crippen LogP contribution in [0.2, 0.25) is 0 Å². The highest BCUT2D eigenvalue weighted by molar-refractivity contribution is 5.94. The van der Waals surface area contributed by atoms with Crippen molar-refractivity contribution in [3.05, 3.63) is 23.9 Å². The molecule has 13 nitrogen and oxygen atoms in total. The van der Waals surface area contributed by atoms with Crippen LogP contribution in [0, 0.1) is 0 Å². The second-order valence-corrected chi connectivity index (χ2v) is 15.1. The number of quaternary nitrogens is 1. The molecule has 1 heterocycles. The van der Waals surface area contributed by atoms with Gasteiger partial charge in [0.15, 0.2) is 0 Å². The minimum atomic E-state index is -1.17. The maximum atomic E-state index is 13.1. The molecule has 1 rings (SSSR count). The quantitative estimate of drug-likeness (QED) is 0.117. The molecule has 0 saturated heterocycles. The van der Waals surface area contributed by atoms with Gasteiger partial charge < -0.3 is 30.2 Å². The number of hydrogen-bond donors (Lipinski definition) is 3. The van der Waals surface area contributed by atoms with Crippen LogP contribution in [0.25, 0.3) is 0 Å². The largest absolute Gasteiger partial charge is 0.460 e. The van der Waals surface area contributed by atoms with E-state index in [0.29, 0.717) is 29.4 Å². The number of ether oxygens (including phenoxy) is 3. The van der Waals surface area contributed by atoms with Crippen molar-refractivity contribution < 1.29 is 38.2 Å². The molecule has 2 atom stereocenters. The van der Waals surface area contributed by atoms with Gasteiger partial charge in [-0.1, -0.05) is 0 Å². The van der Waals surface area contributed by atoms with Crippen molar-refractivity contribution in [2.24, 2.45) is 0 Å². The fourth-order valence-electron chi connectivity index (χ4n) is 3.95. The number of nitrogens with one attached hydrogen (secondary N) is 3. The van der Waals surface area contributed by atoms with Crippen molar-refractivity contribution in [1.29, 1.82) is 0 Å². The Labute approximate surface area is 274 Å². The highest BCUT2D eigenvalue weighted by atomic mass is 16.6. The van der Waals surface area contributed by atoms with E-state index in [4.69, 9.17) is 14.2 Å². The average Bonchev–Trinajstić information content (AvgIpc) is 2.86. The summed E-state index contributed by atoms with van der Waals surface area (Å²) in [6.45, 7) is 15.8. The minimum Gasteiger partial charge on any atom is -0.460 e. The Hall–Kier alpha value is -3.74. The van der Waals surface area contributed by atoms with Crippen LogP contribution >= 0.6 is 0 Å². The summed E-state index contributed by atoms with van der Waals surface area (Å²) >= 11 is 0. The number of esters is 3. The maximum absolute atomic E-state index is 13.1. The van der Waals surface area contributed by atoms with Crippen molar-refractivity contribution >= 4 is 35.7 Å². The number of aromatic nitrogens is 1. The van der Waals surface area contributed by atoms with Crippen molar-refractivity contribution in [2.45, 2.75) is 123 Å². The van der Waals surface area contributed by atoms with E-state index in [0.717, 1.165) is 5.82 Å². The summed E-state index contributed by atoms with van der Waals surface area (Å²) in [6.07, 6.45) is 2.53. The first-order valence-corrected chi connectivity index (χ1v) is 15.7. The van der Waals surface area contributed by atoms with Gasteiger partial charge >= 0.3 is 23.9 Å². The van der Waals surface area contributed by atoms with Gasteiger partial charge in [0.1, 0.15) is 28.9 Å². The van der Waals surface area contributed by atoms with E-state index in [-0.39, 0.29) is 25.2 Å². The van der Waals surface area contributed by atoms with Gasteiger partial charge in [-0.15, -0.1) is 0 Å². The highest BCUT2D eigenvalue weighted by Crippen LogP contribution is 2.16. The molecule has 0 aromatic carbocycles. The summed E-state index contributed by atoms with van der Waals surface area (Å²) in [5, 5.41) is 8.00. The van der Waals surface area contributed by atoms with Crippen LogP contribution in [-0.2, 0) is 28.6 Å². The first kappa shape index (κ1) is 40.3. The lowest BCUT2D eigenvalue weighted by Gasteiger charge is -2.27. The van der Waals surface area contributed by atoms with E-state index in [1.165, 1.54) is 6.20 Å². The number of unbranched alkanes of at least 4 members (excludes halogenated alkanes) is 1. The van der Waals surface area contributed by atoms with Gasteiger partial charge in [0, 0.05) is 25.2 Å². The standard InChI is InChI=1S/C33H55N5O8/c1-31(2,3)44-26(39)19-17-24(29(42)46-33(7,8)9)37-30(43)36-23(28(41)45-32(4,5)6)15-13-14-20-34-27(40)22-16-18-25(35-21-22)38(10,11)12/h16,18,21,23-24H,13-15,17,19-20H2,1-12H3,(H2-,34,36,37,40,43)/p+1/t23-,24-/m0/s1. The summed E-state index contributed by atoms with van der Waals surface area (Å²) in [4.78, 5) is 68.2. The number of rotatable bonds is 14. The van der Waals surface area contributed by atoms with Crippen LogP contribution in [0.3, 0.4) is 0 Å². The van der Waals surface area contributed by atoms with E-state index in [1.54, 1.807) is 68.4 Å². The summed E-state index contributed by atoms with van der Waals surface area (Å²) in [6, 6.07) is 0.524. The van der Waals surface area contributed by atoms with Gasteiger partial charge in [-0.2, -0.15) is 0 Å². The van der Waals surface area contributed by atoms with Crippen molar-refractivity contribution in [3.63, 3.8) is 0 Å². The molecule has 0 aliphatic heterocycles. The molecule has 0 saturated carbocycles. The van der Waals surface area contributed by atoms with Crippen LogP contribution < -0.4 is 20.4 Å². The Kier molecular flexibility index (Phi) is 14.6. The third-order valence-corrected chi connectivity index (χ3v) is 5.95. The van der Waals surface area contributed by atoms with Gasteiger partial charge in [0.25, 0.3) is 5.91 Å². The number of amides is 3. The number of carbonyl (C=O) groups excluding carboxylic acids is 5. The SMILES string of the molecule is CC(C)(C)OC(=O)CC[C@H](NC(=O)N[C@@H](CCCCNC(=O)c1ccc([N+](C)(C)C)nc1)C(=O)OC(C)(C)C)C(=O)OC(C)(C)C. The Morgan fingerprint density at radius 3 is 1.67 bits per heavy atom. The van der Waals surface area contributed by atoms with E-state index < -0.39 is 52.8 Å². The molecule has 3 amide bonds. The number of urea groups is 1. The Bertz CT molecular complexity index is 1190. The molecular formula is C33H56N5O8+. The minimum absolute atomic E-state index is 0.0678. The third kappa shape index (κ3) is 17.1. The van der Waals surface area contributed by atoms with Gasteiger partial charge in [-0.3, -0.25) is 14.1 Å². The molecule has 1 aromatic rings. The van der Waals surface area contributed by atoms with Crippen molar-refractivity contribution in [3.8, 4) is 0 Å². The second-order valence-electron chi connectivity index (χ2n) is 15.1. The molecule has 13 heteroatoms. The maximum Gasteiger partial charge on any atom is 0.329 e. The third-order valence-electron chi connectivity index (χ3n) is 5.95. The van der Waals surface area contributed by atoms with Crippen LogP contribution in [0.15, 0.2) is 18.3 Å². The number of pyridine rings is 1. The zero-order valence-electron chi connectivity index (χ0n) is 29.8. The molecule has 260 valence electrons. The molecule has 0 aliphatic rings. The summed E-state index contributed by atoms with van der Waals surface area (Å²) < 4.78 is 16.8. The first-order valence-electron chi connectivity index (χ1n) is 15.7. The molecule has 0 spiro atoms. The topological polar surface area (TPSA) is 162 Å². The monoisotopic (exact) mass is 650 g/mol. The Morgan fingerprint density at radius 1 is 0.739 bits per heavy atom. The second kappa shape index (κ2) is 16.7. The molecule has 1 aromatic heterocycles. The molecule has 0 unspecified atom stereocenters. The lowest BCUT2D eigenvalue weighted by atomic mass is 10.1. The van der Waals surface area contributed by atoms with E-state index in [2.05, 4.69) is 20.9 Å². The molecule has 3 N–H and O–H groups in total. The zero-order chi connectivity index (χ0) is 35.5. The normalized spacial score (nSPS) is 13.6. The van der Waals surface area contributed by atoms with Crippen LogP contribution in [0.1, 0.15) is 105 Å². The molecule has 0 bridgehead atoms. The molecule has 0 radical (unpaired) electrons. The van der Waals surface area contributed by atoms with Gasteiger partial charge in [0.2, 0.25) is 5.82 Å². The van der Waals surface area contributed by atoms with E-state index in [1.807, 2.05) is 27.2 Å². The Balaban J connectivity index is 2.86. The first-order chi connectivity index (χ1) is 20.9. The van der Waals surface area contributed by atoms with Crippen molar-refractivity contribution in [1.82, 2.24) is 25.4 Å². The predicted molar refractivity (Wildman–Crippen MR) is 176 cm³/mol. The summed E-state index contributed by atoms with van der Waals surface area (Å²) in [5.41, 5.74) is -1.90. The number of carbonyl (C=O) groups is 5. The van der Waals surface area contributed by atoms with E-state index in [9.17, 15) is 24.0 Å². The van der Waals surface area contributed by atoms with Gasteiger partial charge in [-0.25, -0.2) is 19.4 Å². The zero-order valence-corrected chi connectivity index (χ0v) is 29.8. The molecule has 0 aliphatic carbocycles. The number of hydrogen-bond acceptors (Lipinski definition) is 9.